The third kappa shape index (κ3) is 2.80. The van der Waals surface area contributed by atoms with E-state index in [0.717, 1.165) is 23.1 Å². The summed E-state index contributed by atoms with van der Waals surface area (Å²) in [6, 6.07) is 7.98. The molecule has 17 heavy (non-hydrogen) atoms. The molecule has 1 heterocycles. The van der Waals surface area contributed by atoms with Crippen molar-refractivity contribution in [3.63, 3.8) is 0 Å². The molecule has 4 heteroatoms. The van der Waals surface area contributed by atoms with Gasteiger partial charge in [0.25, 0.3) is 5.91 Å². The first-order chi connectivity index (χ1) is 8.24. The van der Waals surface area contributed by atoms with E-state index in [1.54, 1.807) is 0 Å². The number of hydrogen-bond donors (Lipinski definition) is 1. The van der Waals surface area contributed by atoms with Crippen molar-refractivity contribution in [2.75, 3.05) is 5.33 Å². The van der Waals surface area contributed by atoms with E-state index >= 15 is 0 Å². The monoisotopic (exact) mass is 297 g/mol. The van der Waals surface area contributed by atoms with Crippen LogP contribution >= 0.6 is 15.9 Å². The average molecular weight is 298 g/mol. The zero-order chi connectivity index (χ0) is 12.3. The Balaban J connectivity index is 1.96. The van der Waals surface area contributed by atoms with Crippen molar-refractivity contribution in [3.05, 3.63) is 29.8 Å². The lowest BCUT2D eigenvalue weighted by Crippen LogP contribution is -2.43. The van der Waals surface area contributed by atoms with Gasteiger partial charge >= 0.3 is 0 Å². The van der Waals surface area contributed by atoms with E-state index in [1.165, 1.54) is 0 Å². The number of nitrogens with one attached hydrogen (secondary N) is 1. The van der Waals surface area contributed by atoms with Crippen molar-refractivity contribution in [2.45, 2.75) is 31.9 Å². The lowest BCUT2D eigenvalue weighted by Gasteiger charge is -2.17. The molecule has 0 bridgehead atoms. The van der Waals surface area contributed by atoms with Crippen molar-refractivity contribution in [1.82, 2.24) is 5.32 Å². The average Bonchev–Trinajstić information content (AvgIpc) is 2.79. The number of para-hydroxylation sites is 1. The summed E-state index contributed by atoms with van der Waals surface area (Å²) >= 11 is 3.39. The minimum atomic E-state index is -0.375. The third-order valence-corrected chi connectivity index (χ3v) is 3.75. The lowest BCUT2D eigenvalue weighted by atomic mass is 10.1. The molecular formula is C13H16BrNO2. The second-order valence-electron chi connectivity index (χ2n) is 4.19. The highest BCUT2D eigenvalue weighted by Crippen LogP contribution is 2.28. The molecule has 0 radical (unpaired) electrons. The Morgan fingerprint density at radius 2 is 2.35 bits per heavy atom. The summed E-state index contributed by atoms with van der Waals surface area (Å²) in [7, 11) is 0. The first kappa shape index (κ1) is 12.4. The van der Waals surface area contributed by atoms with Crippen LogP contribution in [0.1, 0.15) is 18.9 Å². The molecule has 0 spiro atoms. The predicted molar refractivity (Wildman–Crippen MR) is 70.6 cm³/mol. The van der Waals surface area contributed by atoms with Crippen LogP contribution < -0.4 is 10.1 Å². The van der Waals surface area contributed by atoms with Crippen molar-refractivity contribution in [1.29, 1.82) is 0 Å². The zero-order valence-corrected chi connectivity index (χ0v) is 11.4. The first-order valence-corrected chi connectivity index (χ1v) is 6.97. The molecule has 0 saturated heterocycles. The summed E-state index contributed by atoms with van der Waals surface area (Å²) in [6.07, 6.45) is 1.21. The van der Waals surface area contributed by atoms with Gasteiger partial charge < -0.3 is 10.1 Å². The lowest BCUT2D eigenvalue weighted by molar-refractivity contribution is -0.127. The molecular weight excluding hydrogens is 282 g/mol. The number of amides is 1. The molecule has 1 aromatic rings. The molecule has 1 aliphatic rings. The summed E-state index contributed by atoms with van der Waals surface area (Å²) in [6.45, 7) is 2.05. The highest BCUT2D eigenvalue weighted by molar-refractivity contribution is 9.09. The molecule has 1 aromatic carbocycles. The fourth-order valence-corrected chi connectivity index (χ4v) is 2.49. The maximum absolute atomic E-state index is 12.0. The number of halogens is 1. The Bertz CT molecular complexity index is 379. The highest BCUT2D eigenvalue weighted by atomic mass is 79.9. The second kappa shape index (κ2) is 5.54. The van der Waals surface area contributed by atoms with Crippen LogP contribution in [0.4, 0.5) is 0 Å². The maximum atomic E-state index is 12.0. The summed E-state index contributed by atoms with van der Waals surface area (Å²) in [5.74, 6) is 0.812. The topological polar surface area (TPSA) is 38.3 Å². The Kier molecular flexibility index (Phi) is 4.05. The molecule has 2 rings (SSSR count). The Morgan fingerprint density at radius 3 is 3.00 bits per heavy atom. The summed E-state index contributed by atoms with van der Waals surface area (Å²) in [4.78, 5) is 12.0. The second-order valence-corrected chi connectivity index (χ2v) is 4.83. The number of carbonyl (C=O) groups is 1. The largest absolute Gasteiger partial charge is 0.480 e. The van der Waals surface area contributed by atoms with E-state index in [-0.39, 0.29) is 18.1 Å². The molecule has 3 nitrogen and oxygen atoms in total. The standard InChI is InChI=1S/C13H16BrNO2/c1-2-10(8-14)15-13(16)12-7-9-5-3-4-6-11(9)17-12/h3-6,10,12H,2,7-8H2,1H3,(H,15,16). The maximum Gasteiger partial charge on any atom is 0.261 e. The minimum absolute atomic E-state index is 0.0208. The van der Waals surface area contributed by atoms with E-state index in [9.17, 15) is 4.79 Å². The van der Waals surface area contributed by atoms with Gasteiger partial charge in [0.05, 0.1) is 0 Å². The van der Waals surface area contributed by atoms with Gasteiger partial charge in [-0.3, -0.25) is 4.79 Å². The molecule has 1 amide bonds. The van der Waals surface area contributed by atoms with E-state index in [1.807, 2.05) is 24.3 Å². The summed E-state index contributed by atoms with van der Waals surface area (Å²) in [5, 5.41) is 3.76. The van der Waals surface area contributed by atoms with Crippen LogP contribution in [0.5, 0.6) is 5.75 Å². The number of hydrogen-bond acceptors (Lipinski definition) is 2. The number of rotatable bonds is 4. The van der Waals surface area contributed by atoms with E-state index in [4.69, 9.17) is 4.74 Å². The Hall–Kier alpha value is -1.03. The molecule has 2 unspecified atom stereocenters. The van der Waals surface area contributed by atoms with Gasteiger partial charge in [-0.15, -0.1) is 0 Å². The Labute approximate surface area is 110 Å². The van der Waals surface area contributed by atoms with Gasteiger partial charge in [-0.1, -0.05) is 41.1 Å². The van der Waals surface area contributed by atoms with Crippen LogP contribution in [0.2, 0.25) is 0 Å². The smallest absolute Gasteiger partial charge is 0.261 e. The number of alkyl halides is 1. The third-order valence-electron chi connectivity index (χ3n) is 2.97. The van der Waals surface area contributed by atoms with Gasteiger partial charge in [-0.2, -0.15) is 0 Å². The van der Waals surface area contributed by atoms with E-state index < -0.39 is 0 Å². The van der Waals surface area contributed by atoms with Gasteiger partial charge in [0.2, 0.25) is 0 Å². The molecule has 0 saturated carbocycles. The summed E-state index contributed by atoms with van der Waals surface area (Å²) in [5.41, 5.74) is 1.11. The minimum Gasteiger partial charge on any atom is -0.480 e. The van der Waals surface area contributed by atoms with Crippen LogP contribution in [-0.2, 0) is 11.2 Å². The van der Waals surface area contributed by atoms with E-state index in [0.29, 0.717) is 6.42 Å². The Morgan fingerprint density at radius 1 is 1.59 bits per heavy atom. The predicted octanol–water partition coefficient (Wildman–Crippen LogP) is 2.28. The van der Waals surface area contributed by atoms with Crippen molar-refractivity contribution < 1.29 is 9.53 Å². The van der Waals surface area contributed by atoms with Crippen LogP contribution in [0.25, 0.3) is 0 Å². The molecule has 0 fully saturated rings. The molecule has 2 atom stereocenters. The molecule has 0 aromatic heterocycles. The summed E-state index contributed by atoms with van der Waals surface area (Å²) < 4.78 is 5.63. The van der Waals surface area contributed by atoms with Gasteiger partial charge in [0, 0.05) is 17.8 Å². The van der Waals surface area contributed by atoms with Crippen LogP contribution in [0.3, 0.4) is 0 Å². The van der Waals surface area contributed by atoms with Crippen LogP contribution in [-0.4, -0.2) is 23.4 Å². The SMILES string of the molecule is CCC(CBr)NC(=O)C1Cc2ccccc2O1. The fraction of sp³-hybridized carbons (Fsp3) is 0.462. The van der Waals surface area contributed by atoms with Gasteiger partial charge in [0.15, 0.2) is 6.10 Å². The normalized spacial score (nSPS) is 19.3. The quantitative estimate of drug-likeness (QED) is 0.866. The first-order valence-electron chi connectivity index (χ1n) is 5.85. The van der Waals surface area contributed by atoms with Gasteiger partial charge in [-0.25, -0.2) is 0 Å². The molecule has 92 valence electrons. The molecule has 1 N–H and O–H groups in total. The van der Waals surface area contributed by atoms with E-state index in [2.05, 4.69) is 28.2 Å². The number of carbonyl (C=O) groups excluding carboxylic acids is 1. The van der Waals surface area contributed by atoms with Crippen LogP contribution in [0.15, 0.2) is 24.3 Å². The number of ether oxygens (including phenoxy) is 1. The van der Waals surface area contributed by atoms with Crippen LogP contribution in [0, 0.1) is 0 Å². The number of fused-ring (bicyclic) bond motifs is 1. The molecule has 1 aliphatic heterocycles. The van der Waals surface area contributed by atoms with Gasteiger partial charge in [-0.05, 0) is 18.1 Å². The fourth-order valence-electron chi connectivity index (χ4n) is 1.87. The van der Waals surface area contributed by atoms with Crippen molar-refractivity contribution >= 4 is 21.8 Å². The van der Waals surface area contributed by atoms with Crippen molar-refractivity contribution in [2.24, 2.45) is 0 Å². The molecule has 0 aliphatic carbocycles. The highest BCUT2D eigenvalue weighted by Gasteiger charge is 2.29. The number of benzene rings is 1. The van der Waals surface area contributed by atoms with Gasteiger partial charge in [0.1, 0.15) is 5.75 Å². The zero-order valence-electron chi connectivity index (χ0n) is 9.78. The van der Waals surface area contributed by atoms with Crippen molar-refractivity contribution in [3.8, 4) is 5.75 Å².